The first-order valence-corrected chi connectivity index (χ1v) is 9.55. The van der Waals surface area contributed by atoms with E-state index >= 15 is 0 Å². The summed E-state index contributed by atoms with van der Waals surface area (Å²) < 4.78 is 18.5. The molecule has 0 unspecified atom stereocenters. The molecule has 1 heterocycles. The van der Waals surface area contributed by atoms with Gasteiger partial charge in [0.25, 0.3) is 5.91 Å². The van der Waals surface area contributed by atoms with Gasteiger partial charge < -0.3 is 20.3 Å². The summed E-state index contributed by atoms with van der Waals surface area (Å²) in [6.45, 7) is 3.20. The van der Waals surface area contributed by atoms with Crippen molar-refractivity contribution >= 4 is 28.7 Å². The van der Waals surface area contributed by atoms with Gasteiger partial charge in [-0.15, -0.1) is 0 Å². The number of carbonyl (C=O) groups is 1. The van der Waals surface area contributed by atoms with Gasteiger partial charge in [-0.25, -0.2) is 4.39 Å². The monoisotopic (exact) mass is 391 g/mol. The van der Waals surface area contributed by atoms with Crippen molar-refractivity contribution in [2.24, 2.45) is 0 Å². The fraction of sp³-hybridized carbons (Fsp3) is 0.174. The highest BCUT2D eigenvalue weighted by Gasteiger charge is 2.13. The molecule has 0 radical (unpaired) electrons. The zero-order valence-electron chi connectivity index (χ0n) is 15.9. The molecule has 0 spiro atoms. The van der Waals surface area contributed by atoms with Crippen LogP contribution in [0.1, 0.15) is 10.4 Å². The molecule has 5 nitrogen and oxygen atoms in total. The van der Waals surface area contributed by atoms with E-state index in [0.717, 1.165) is 37.7 Å². The molecule has 0 saturated carbocycles. The zero-order valence-corrected chi connectivity index (χ0v) is 15.9. The molecular weight excluding hydrogens is 369 g/mol. The Morgan fingerprint density at radius 3 is 2.24 bits per heavy atom. The molecule has 29 heavy (non-hydrogen) atoms. The predicted molar refractivity (Wildman–Crippen MR) is 114 cm³/mol. The van der Waals surface area contributed by atoms with Crippen molar-refractivity contribution in [2.45, 2.75) is 0 Å². The first-order chi connectivity index (χ1) is 14.2. The van der Waals surface area contributed by atoms with Crippen molar-refractivity contribution < 1.29 is 13.9 Å². The molecule has 2 N–H and O–H groups in total. The maximum absolute atomic E-state index is 13.1. The molecule has 6 heteroatoms. The maximum Gasteiger partial charge on any atom is 0.257 e. The summed E-state index contributed by atoms with van der Waals surface area (Å²) in [7, 11) is 0. The van der Waals surface area contributed by atoms with Crippen LogP contribution < -0.4 is 15.5 Å². The van der Waals surface area contributed by atoms with Crippen LogP contribution in [0.2, 0.25) is 0 Å². The highest BCUT2D eigenvalue weighted by molar-refractivity contribution is 6.08. The van der Waals surface area contributed by atoms with Crippen molar-refractivity contribution in [1.82, 2.24) is 0 Å². The second kappa shape index (κ2) is 8.75. The minimum absolute atomic E-state index is 0.214. The standard InChI is InChI=1S/C23H22FN3O2/c24-17-5-7-18(8-6-17)25-22-4-2-1-3-21(22)23(28)26-19-9-11-20(12-10-19)27-13-15-29-16-14-27/h1-12,25H,13-16H2,(H,26,28). The Kier molecular flexibility index (Phi) is 5.72. The van der Waals surface area contributed by atoms with Crippen molar-refractivity contribution in [3.8, 4) is 0 Å². The van der Waals surface area contributed by atoms with Crippen LogP contribution in [0.15, 0.2) is 72.8 Å². The molecule has 1 saturated heterocycles. The second-order valence-corrected chi connectivity index (χ2v) is 6.78. The van der Waals surface area contributed by atoms with Crippen molar-refractivity contribution in [3.05, 3.63) is 84.2 Å². The van der Waals surface area contributed by atoms with Gasteiger partial charge in [-0.1, -0.05) is 12.1 Å². The average molecular weight is 391 g/mol. The number of nitrogens with one attached hydrogen (secondary N) is 2. The van der Waals surface area contributed by atoms with Gasteiger partial charge in [0.05, 0.1) is 24.5 Å². The minimum atomic E-state index is -0.304. The van der Waals surface area contributed by atoms with E-state index < -0.39 is 0 Å². The average Bonchev–Trinajstić information content (AvgIpc) is 2.77. The van der Waals surface area contributed by atoms with Crippen LogP contribution in [-0.4, -0.2) is 32.2 Å². The van der Waals surface area contributed by atoms with Crippen molar-refractivity contribution in [1.29, 1.82) is 0 Å². The van der Waals surface area contributed by atoms with Crippen LogP contribution in [0.25, 0.3) is 0 Å². The number of carbonyl (C=O) groups excluding carboxylic acids is 1. The third kappa shape index (κ3) is 4.73. The van der Waals surface area contributed by atoms with E-state index in [9.17, 15) is 9.18 Å². The van der Waals surface area contributed by atoms with Crippen LogP contribution in [0.3, 0.4) is 0 Å². The first-order valence-electron chi connectivity index (χ1n) is 9.55. The molecule has 148 valence electrons. The number of benzene rings is 3. The summed E-state index contributed by atoms with van der Waals surface area (Å²) in [6, 6.07) is 21.1. The van der Waals surface area contributed by atoms with Gasteiger partial charge >= 0.3 is 0 Å². The normalized spacial score (nSPS) is 13.8. The number of nitrogens with zero attached hydrogens (tertiary/aromatic N) is 1. The van der Waals surface area contributed by atoms with Gasteiger partial charge in [0.1, 0.15) is 5.82 Å². The van der Waals surface area contributed by atoms with Gasteiger partial charge in [-0.3, -0.25) is 4.79 Å². The number of hydrogen-bond donors (Lipinski definition) is 2. The summed E-state index contributed by atoms with van der Waals surface area (Å²) in [5, 5.41) is 6.11. The van der Waals surface area contributed by atoms with Crippen molar-refractivity contribution in [3.63, 3.8) is 0 Å². The van der Waals surface area contributed by atoms with E-state index in [2.05, 4.69) is 15.5 Å². The Morgan fingerprint density at radius 2 is 1.52 bits per heavy atom. The Labute approximate surface area is 169 Å². The smallest absolute Gasteiger partial charge is 0.257 e. The molecule has 0 bridgehead atoms. The minimum Gasteiger partial charge on any atom is -0.378 e. The Balaban J connectivity index is 1.46. The topological polar surface area (TPSA) is 53.6 Å². The third-order valence-corrected chi connectivity index (χ3v) is 4.80. The van der Waals surface area contributed by atoms with Gasteiger partial charge in [0.2, 0.25) is 0 Å². The van der Waals surface area contributed by atoms with E-state index in [1.54, 1.807) is 18.2 Å². The molecule has 3 aromatic carbocycles. The number of rotatable bonds is 5. The van der Waals surface area contributed by atoms with E-state index in [1.165, 1.54) is 12.1 Å². The van der Waals surface area contributed by atoms with Gasteiger partial charge in [-0.05, 0) is 60.7 Å². The lowest BCUT2D eigenvalue weighted by Gasteiger charge is -2.28. The van der Waals surface area contributed by atoms with Gasteiger partial charge in [0.15, 0.2) is 0 Å². The van der Waals surface area contributed by atoms with Crippen LogP contribution >= 0.6 is 0 Å². The lowest BCUT2D eigenvalue weighted by atomic mass is 10.1. The maximum atomic E-state index is 13.1. The quantitative estimate of drug-likeness (QED) is 0.664. The highest BCUT2D eigenvalue weighted by atomic mass is 19.1. The summed E-state index contributed by atoms with van der Waals surface area (Å²) in [4.78, 5) is 15.1. The fourth-order valence-electron chi connectivity index (χ4n) is 3.25. The second-order valence-electron chi connectivity index (χ2n) is 6.78. The number of para-hydroxylation sites is 1. The summed E-state index contributed by atoms with van der Waals surface area (Å²) in [5.74, 6) is -0.517. The van der Waals surface area contributed by atoms with Crippen LogP contribution in [0, 0.1) is 5.82 Å². The number of anilines is 4. The summed E-state index contributed by atoms with van der Waals surface area (Å²) >= 11 is 0. The molecule has 0 atom stereocenters. The molecule has 0 aromatic heterocycles. The Bertz CT molecular complexity index is 968. The Morgan fingerprint density at radius 1 is 0.862 bits per heavy atom. The molecular formula is C23H22FN3O2. The van der Waals surface area contributed by atoms with Gasteiger partial charge in [0, 0.05) is 30.2 Å². The van der Waals surface area contributed by atoms with Gasteiger partial charge in [-0.2, -0.15) is 0 Å². The highest BCUT2D eigenvalue weighted by Crippen LogP contribution is 2.23. The number of halogens is 1. The van der Waals surface area contributed by atoms with Crippen LogP contribution in [0.5, 0.6) is 0 Å². The lowest BCUT2D eigenvalue weighted by molar-refractivity contribution is 0.102. The number of ether oxygens (including phenoxy) is 1. The van der Waals surface area contributed by atoms with E-state index in [-0.39, 0.29) is 11.7 Å². The predicted octanol–water partition coefficient (Wildman–Crippen LogP) is 4.66. The molecule has 3 aromatic rings. The molecule has 1 fully saturated rings. The summed E-state index contributed by atoms with van der Waals surface area (Å²) in [6.07, 6.45) is 0. The molecule has 0 aliphatic carbocycles. The summed E-state index contributed by atoms with van der Waals surface area (Å²) in [5.41, 5.74) is 3.71. The zero-order chi connectivity index (χ0) is 20.1. The molecule has 4 rings (SSSR count). The number of morpholine rings is 1. The fourth-order valence-corrected chi connectivity index (χ4v) is 3.25. The van der Waals surface area contributed by atoms with E-state index in [0.29, 0.717) is 16.9 Å². The lowest BCUT2D eigenvalue weighted by Crippen LogP contribution is -2.36. The number of hydrogen-bond acceptors (Lipinski definition) is 4. The number of amides is 1. The van der Waals surface area contributed by atoms with Crippen molar-refractivity contribution in [2.75, 3.05) is 41.8 Å². The first kappa shape index (κ1) is 19.0. The van der Waals surface area contributed by atoms with Crippen LogP contribution in [0.4, 0.5) is 27.1 Å². The molecule has 1 amide bonds. The van der Waals surface area contributed by atoms with E-state index in [1.807, 2.05) is 42.5 Å². The molecule has 1 aliphatic heterocycles. The third-order valence-electron chi connectivity index (χ3n) is 4.80. The van der Waals surface area contributed by atoms with E-state index in [4.69, 9.17) is 4.74 Å². The Hall–Kier alpha value is -3.38. The largest absolute Gasteiger partial charge is 0.378 e. The SMILES string of the molecule is O=C(Nc1ccc(N2CCOCC2)cc1)c1ccccc1Nc1ccc(F)cc1. The molecule has 1 aliphatic rings. The van der Waals surface area contributed by atoms with Crippen LogP contribution in [-0.2, 0) is 4.74 Å².